The van der Waals surface area contributed by atoms with Crippen LogP contribution in [0.15, 0.2) is 47.2 Å². The van der Waals surface area contributed by atoms with Gasteiger partial charge in [0.2, 0.25) is 5.91 Å². The second-order valence-corrected chi connectivity index (χ2v) is 8.64. The van der Waals surface area contributed by atoms with Gasteiger partial charge >= 0.3 is 0 Å². The summed E-state index contributed by atoms with van der Waals surface area (Å²) in [4.78, 5) is 16.9. The van der Waals surface area contributed by atoms with Crippen LogP contribution in [0.3, 0.4) is 0 Å². The van der Waals surface area contributed by atoms with Crippen LogP contribution in [0.1, 0.15) is 23.4 Å². The highest BCUT2D eigenvalue weighted by molar-refractivity contribution is 9.10. The lowest BCUT2D eigenvalue weighted by Crippen LogP contribution is -2.48. The molecule has 0 N–H and O–H groups in total. The quantitative estimate of drug-likeness (QED) is 0.554. The lowest BCUT2D eigenvalue weighted by molar-refractivity contribution is -0.133. The number of halogens is 1. The van der Waals surface area contributed by atoms with Crippen LogP contribution < -0.4 is 0 Å². The second-order valence-electron chi connectivity index (χ2n) is 7.73. The van der Waals surface area contributed by atoms with Crippen molar-refractivity contribution in [3.05, 3.63) is 64.1 Å². The predicted molar refractivity (Wildman–Crippen MR) is 119 cm³/mol. The number of aryl methyl sites for hydroxylation is 2. The average Bonchev–Trinajstić information content (AvgIpc) is 3.31. The summed E-state index contributed by atoms with van der Waals surface area (Å²) < 4.78 is 4.76. The lowest BCUT2D eigenvalue weighted by atomic mass is 10.1. The lowest BCUT2D eigenvalue weighted by Gasteiger charge is -2.34. The van der Waals surface area contributed by atoms with E-state index in [1.807, 2.05) is 34.0 Å². The zero-order valence-electron chi connectivity index (χ0n) is 17.5. The first-order chi connectivity index (χ1) is 14.5. The van der Waals surface area contributed by atoms with Crippen LogP contribution in [0.25, 0.3) is 5.69 Å². The third-order valence-corrected chi connectivity index (χ3v) is 6.11. The van der Waals surface area contributed by atoms with Gasteiger partial charge in [0.15, 0.2) is 0 Å². The van der Waals surface area contributed by atoms with Crippen molar-refractivity contribution in [2.24, 2.45) is 0 Å². The van der Waals surface area contributed by atoms with Crippen LogP contribution in [0.4, 0.5) is 0 Å². The highest BCUT2D eigenvalue weighted by Crippen LogP contribution is 2.20. The summed E-state index contributed by atoms with van der Waals surface area (Å²) in [5.74, 6) is 0.200. The summed E-state index contributed by atoms with van der Waals surface area (Å²) in [6.07, 6.45) is 4.12. The van der Waals surface area contributed by atoms with E-state index in [2.05, 4.69) is 51.9 Å². The van der Waals surface area contributed by atoms with Crippen LogP contribution in [0, 0.1) is 13.8 Å². The number of para-hydroxylation sites is 1. The molecule has 1 saturated heterocycles. The monoisotopic (exact) mass is 470 g/mol. The normalized spacial score (nSPS) is 15.0. The minimum Gasteiger partial charge on any atom is -0.340 e. The highest BCUT2D eigenvalue weighted by Gasteiger charge is 2.23. The largest absolute Gasteiger partial charge is 0.340 e. The van der Waals surface area contributed by atoms with E-state index in [9.17, 15) is 4.79 Å². The van der Waals surface area contributed by atoms with Crippen molar-refractivity contribution in [2.45, 2.75) is 33.4 Å². The number of carbonyl (C=O) groups excluding carboxylic acids is 1. The Balaban J connectivity index is 1.32. The molecular formula is C22H27BrN6O. The number of carbonyl (C=O) groups is 1. The zero-order chi connectivity index (χ0) is 21.1. The van der Waals surface area contributed by atoms with Crippen molar-refractivity contribution in [1.29, 1.82) is 0 Å². The number of aromatic nitrogens is 4. The Morgan fingerprint density at radius 1 is 1.10 bits per heavy atom. The molecule has 3 aromatic rings. The van der Waals surface area contributed by atoms with E-state index in [0.29, 0.717) is 13.0 Å². The molecule has 0 aliphatic carbocycles. The smallest absolute Gasteiger partial charge is 0.224 e. The minimum atomic E-state index is 0.200. The van der Waals surface area contributed by atoms with Gasteiger partial charge in [-0.2, -0.15) is 10.2 Å². The standard InChI is InChI=1S/C22H27BrN6O/c1-17-21(18(2)29(25-17)20-6-4-3-5-7-20)16-26-10-12-27(13-11-26)22(30)8-9-28-15-19(23)14-24-28/h3-7,14-15H,8-13,16H2,1-2H3. The molecule has 0 unspecified atom stereocenters. The number of rotatable bonds is 6. The number of piperazine rings is 1. The average molecular weight is 471 g/mol. The Hall–Kier alpha value is -2.45. The van der Waals surface area contributed by atoms with E-state index >= 15 is 0 Å². The molecule has 0 radical (unpaired) electrons. The number of nitrogens with zero attached hydrogens (tertiary/aromatic N) is 6. The molecular weight excluding hydrogens is 444 g/mol. The molecule has 8 heteroatoms. The molecule has 1 aliphatic rings. The van der Waals surface area contributed by atoms with E-state index in [4.69, 9.17) is 5.10 Å². The van der Waals surface area contributed by atoms with Crippen molar-refractivity contribution >= 4 is 21.8 Å². The van der Waals surface area contributed by atoms with Crippen LogP contribution in [0.5, 0.6) is 0 Å². The van der Waals surface area contributed by atoms with Gasteiger partial charge in [-0.25, -0.2) is 4.68 Å². The first-order valence-corrected chi connectivity index (χ1v) is 11.1. The zero-order valence-corrected chi connectivity index (χ0v) is 19.0. The van der Waals surface area contributed by atoms with Gasteiger partial charge in [0.05, 0.1) is 22.1 Å². The number of amides is 1. The molecule has 0 saturated carbocycles. The number of hydrogen-bond donors (Lipinski definition) is 0. The number of benzene rings is 1. The Morgan fingerprint density at radius 2 is 1.83 bits per heavy atom. The van der Waals surface area contributed by atoms with E-state index in [0.717, 1.165) is 48.6 Å². The third kappa shape index (κ3) is 4.65. The Bertz CT molecular complexity index is 1000. The summed E-state index contributed by atoms with van der Waals surface area (Å²) in [5.41, 5.74) is 4.62. The van der Waals surface area contributed by atoms with Gasteiger partial charge in [-0.1, -0.05) is 18.2 Å². The first-order valence-electron chi connectivity index (χ1n) is 10.3. The van der Waals surface area contributed by atoms with Crippen LogP contribution in [-0.2, 0) is 17.9 Å². The third-order valence-electron chi connectivity index (χ3n) is 5.71. The first kappa shape index (κ1) is 20.8. The fourth-order valence-corrected chi connectivity index (χ4v) is 4.26. The molecule has 0 bridgehead atoms. The van der Waals surface area contributed by atoms with Crippen LogP contribution in [0.2, 0.25) is 0 Å². The molecule has 4 rings (SSSR count). The minimum absolute atomic E-state index is 0.200. The molecule has 0 atom stereocenters. The summed E-state index contributed by atoms with van der Waals surface area (Å²) in [7, 11) is 0. The summed E-state index contributed by atoms with van der Waals surface area (Å²) in [6, 6.07) is 10.2. The van der Waals surface area contributed by atoms with Gasteiger partial charge < -0.3 is 4.90 Å². The van der Waals surface area contributed by atoms with Crippen molar-refractivity contribution < 1.29 is 4.79 Å². The van der Waals surface area contributed by atoms with Gasteiger partial charge in [0, 0.05) is 63.1 Å². The van der Waals surface area contributed by atoms with Gasteiger partial charge in [-0.05, 0) is 41.9 Å². The van der Waals surface area contributed by atoms with Gasteiger partial charge in [0.1, 0.15) is 0 Å². The summed E-state index contributed by atoms with van der Waals surface area (Å²) in [6.45, 7) is 9.00. The maximum Gasteiger partial charge on any atom is 0.224 e. The van der Waals surface area contributed by atoms with Gasteiger partial charge in [0.25, 0.3) is 0 Å². The summed E-state index contributed by atoms with van der Waals surface area (Å²) >= 11 is 3.38. The van der Waals surface area contributed by atoms with Crippen molar-refractivity contribution in [1.82, 2.24) is 29.4 Å². The molecule has 2 aromatic heterocycles. The molecule has 1 aliphatic heterocycles. The Kier molecular flexibility index (Phi) is 6.34. The fraction of sp³-hybridized carbons (Fsp3) is 0.409. The van der Waals surface area contributed by atoms with Crippen molar-refractivity contribution in [2.75, 3.05) is 26.2 Å². The van der Waals surface area contributed by atoms with Gasteiger partial charge in [-0.15, -0.1) is 0 Å². The van der Waals surface area contributed by atoms with Crippen molar-refractivity contribution in [3.8, 4) is 5.69 Å². The second kappa shape index (κ2) is 9.14. The SMILES string of the molecule is Cc1nn(-c2ccccc2)c(C)c1CN1CCN(C(=O)CCn2cc(Br)cn2)CC1. The van der Waals surface area contributed by atoms with Gasteiger partial charge in [-0.3, -0.25) is 14.4 Å². The molecule has 3 heterocycles. The molecule has 0 spiro atoms. The molecule has 1 amide bonds. The van der Waals surface area contributed by atoms with E-state index in [1.54, 1.807) is 10.9 Å². The molecule has 1 aromatic carbocycles. The molecule has 30 heavy (non-hydrogen) atoms. The molecule has 158 valence electrons. The molecule has 1 fully saturated rings. The fourth-order valence-electron chi connectivity index (χ4n) is 3.93. The van der Waals surface area contributed by atoms with E-state index in [-0.39, 0.29) is 5.91 Å². The highest BCUT2D eigenvalue weighted by atomic mass is 79.9. The van der Waals surface area contributed by atoms with Crippen LogP contribution in [-0.4, -0.2) is 61.4 Å². The topological polar surface area (TPSA) is 59.2 Å². The maximum absolute atomic E-state index is 12.6. The van der Waals surface area contributed by atoms with E-state index in [1.165, 1.54) is 11.3 Å². The maximum atomic E-state index is 12.6. The Labute approximate surface area is 185 Å². The Morgan fingerprint density at radius 3 is 2.50 bits per heavy atom. The predicted octanol–water partition coefficient (Wildman–Crippen LogP) is 3.18. The summed E-state index contributed by atoms with van der Waals surface area (Å²) in [5, 5.41) is 8.97. The number of hydrogen-bond acceptors (Lipinski definition) is 4. The van der Waals surface area contributed by atoms with Crippen molar-refractivity contribution in [3.63, 3.8) is 0 Å². The molecule has 7 nitrogen and oxygen atoms in total. The van der Waals surface area contributed by atoms with E-state index < -0.39 is 0 Å². The van der Waals surface area contributed by atoms with Crippen LogP contribution >= 0.6 is 15.9 Å².